The summed E-state index contributed by atoms with van der Waals surface area (Å²) in [6.07, 6.45) is 3.41. The van der Waals surface area contributed by atoms with E-state index in [1.165, 1.54) is 11.3 Å². The lowest BCUT2D eigenvalue weighted by Gasteiger charge is -2.30. The molecule has 2 rings (SSSR count). The average molecular weight is 250 g/mol. The SMILES string of the molecule is N#CCN1CCC(NC(=O)c2cncs2)CC1. The molecule has 0 aromatic carbocycles. The van der Waals surface area contributed by atoms with Gasteiger partial charge in [0.2, 0.25) is 0 Å². The van der Waals surface area contributed by atoms with Gasteiger partial charge in [0.05, 0.1) is 24.3 Å². The Labute approximate surface area is 104 Å². The molecular formula is C11H14N4OS. The van der Waals surface area contributed by atoms with Crippen LogP contribution in [0.4, 0.5) is 0 Å². The van der Waals surface area contributed by atoms with Gasteiger partial charge in [-0.3, -0.25) is 14.7 Å². The predicted octanol–water partition coefficient (Wildman–Crippen LogP) is 0.861. The van der Waals surface area contributed by atoms with E-state index in [-0.39, 0.29) is 11.9 Å². The molecule has 0 atom stereocenters. The molecule has 0 unspecified atom stereocenters. The summed E-state index contributed by atoms with van der Waals surface area (Å²) < 4.78 is 0. The molecule has 1 fully saturated rings. The van der Waals surface area contributed by atoms with E-state index in [1.54, 1.807) is 11.7 Å². The second kappa shape index (κ2) is 5.75. The molecule has 5 nitrogen and oxygen atoms in total. The fourth-order valence-electron chi connectivity index (χ4n) is 1.92. The number of nitrogens with zero attached hydrogens (tertiary/aromatic N) is 3. The Bertz CT molecular complexity index is 404. The van der Waals surface area contributed by atoms with E-state index in [2.05, 4.69) is 21.3 Å². The van der Waals surface area contributed by atoms with Crippen LogP contribution < -0.4 is 5.32 Å². The second-order valence-electron chi connectivity index (χ2n) is 4.05. The molecule has 0 spiro atoms. The maximum Gasteiger partial charge on any atom is 0.263 e. The zero-order valence-electron chi connectivity index (χ0n) is 9.43. The van der Waals surface area contributed by atoms with Crippen LogP contribution in [0.1, 0.15) is 22.5 Å². The number of thiazole rings is 1. The van der Waals surface area contributed by atoms with E-state index < -0.39 is 0 Å². The van der Waals surface area contributed by atoms with Crippen molar-refractivity contribution in [3.8, 4) is 6.07 Å². The molecule has 1 saturated heterocycles. The van der Waals surface area contributed by atoms with Crippen LogP contribution in [0.5, 0.6) is 0 Å². The first kappa shape index (κ1) is 12.0. The van der Waals surface area contributed by atoms with Gasteiger partial charge in [0.15, 0.2) is 0 Å². The fraction of sp³-hybridized carbons (Fsp3) is 0.545. The summed E-state index contributed by atoms with van der Waals surface area (Å²) in [5.74, 6) is -0.0359. The molecule has 1 aromatic rings. The molecule has 0 saturated carbocycles. The standard InChI is InChI=1S/C11H14N4OS/c12-3-6-15-4-1-9(2-5-15)14-11(16)10-7-13-8-17-10/h7-9H,1-2,4-6H2,(H,14,16). The molecule has 90 valence electrons. The summed E-state index contributed by atoms with van der Waals surface area (Å²) in [7, 11) is 0. The minimum Gasteiger partial charge on any atom is -0.348 e. The third-order valence-electron chi connectivity index (χ3n) is 2.87. The third-order valence-corrected chi connectivity index (χ3v) is 3.65. The molecule has 0 bridgehead atoms. The van der Waals surface area contributed by atoms with Crippen molar-refractivity contribution in [2.24, 2.45) is 0 Å². The van der Waals surface area contributed by atoms with Crippen LogP contribution in [0.15, 0.2) is 11.7 Å². The average Bonchev–Trinajstić information content (AvgIpc) is 2.86. The Hall–Kier alpha value is -1.45. The first-order valence-corrected chi connectivity index (χ1v) is 6.46. The van der Waals surface area contributed by atoms with E-state index >= 15 is 0 Å². The predicted molar refractivity (Wildman–Crippen MR) is 64.7 cm³/mol. The minimum absolute atomic E-state index is 0.0359. The third kappa shape index (κ3) is 3.25. The summed E-state index contributed by atoms with van der Waals surface area (Å²) in [6.45, 7) is 2.23. The Balaban J connectivity index is 1.79. The number of hydrogen-bond acceptors (Lipinski definition) is 5. The Morgan fingerprint density at radius 2 is 2.41 bits per heavy atom. The number of rotatable bonds is 3. The topological polar surface area (TPSA) is 69.0 Å². The van der Waals surface area contributed by atoms with Gasteiger partial charge < -0.3 is 5.32 Å². The van der Waals surface area contributed by atoms with Crippen LogP contribution in [-0.4, -0.2) is 41.5 Å². The van der Waals surface area contributed by atoms with E-state index in [4.69, 9.17) is 5.26 Å². The van der Waals surface area contributed by atoms with Crippen molar-refractivity contribution in [3.05, 3.63) is 16.6 Å². The van der Waals surface area contributed by atoms with Gasteiger partial charge in [-0.2, -0.15) is 5.26 Å². The van der Waals surface area contributed by atoms with E-state index in [1.807, 2.05) is 0 Å². The largest absolute Gasteiger partial charge is 0.348 e. The van der Waals surface area contributed by atoms with Crippen molar-refractivity contribution in [1.29, 1.82) is 5.26 Å². The molecule has 1 aromatic heterocycles. The lowest BCUT2D eigenvalue weighted by atomic mass is 10.1. The van der Waals surface area contributed by atoms with Crippen molar-refractivity contribution in [2.75, 3.05) is 19.6 Å². The van der Waals surface area contributed by atoms with Gasteiger partial charge in [-0.25, -0.2) is 0 Å². The molecule has 1 N–H and O–H groups in total. The van der Waals surface area contributed by atoms with Crippen LogP contribution in [0.3, 0.4) is 0 Å². The van der Waals surface area contributed by atoms with Crippen molar-refractivity contribution < 1.29 is 4.79 Å². The Kier molecular flexibility index (Phi) is 4.07. The zero-order valence-corrected chi connectivity index (χ0v) is 10.2. The van der Waals surface area contributed by atoms with Crippen molar-refractivity contribution in [3.63, 3.8) is 0 Å². The van der Waals surface area contributed by atoms with Crippen LogP contribution in [0.25, 0.3) is 0 Å². The number of nitrogens with one attached hydrogen (secondary N) is 1. The van der Waals surface area contributed by atoms with Crippen molar-refractivity contribution >= 4 is 17.2 Å². The highest BCUT2D eigenvalue weighted by Gasteiger charge is 2.21. The van der Waals surface area contributed by atoms with Crippen molar-refractivity contribution in [2.45, 2.75) is 18.9 Å². The maximum atomic E-state index is 11.8. The summed E-state index contributed by atoms with van der Waals surface area (Å²) in [6, 6.07) is 2.37. The smallest absolute Gasteiger partial charge is 0.263 e. The molecule has 1 aliphatic heterocycles. The number of carbonyl (C=O) groups excluding carboxylic acids is 1. The quantitative estimate of drug-likeness (QED) is 0.808. The number of piperidine rings is 1. The summed E-state index contributed by atoms with van der Waals surface area (Å²) in [5.41, 5.74) is 1.66. The van der Waals surface area contributed by atoms with Gasteiger partial charge in [-0.15, -0.1) is 11.3 Å². The van der Waals surface area contributed by atoms with E-state index in [0.717, 1.165) is 25.9 Å². The van der Waals surface area contributed by atoms with Crippen LogP contribution in [-0.2, 0) is 0 Å². The molecule has 2 heterocycles. The Morgan fingerprint density at radius 1 is 1.65 bits per heavy atom. The molecule has 6 heteroatoms. The highest BCUT2D eigenvalue weighted by molar-refractivity contribution is 7.11. The number of nitriles is 1. The van der Waals surface area contributed by atoms with Gasteiger partial charge in [-0.05, 0) is 12.8 Å². The number of hydrogen-bond donors (Lipinski definition) is 1. The minimum atomic E-state index is -0.0359. The monoisotopic (exact) mass is 250 g/mol. The normalized spacial score (nSPS) is 17.6. The molecule has 17 heavy (non-hydrogen) atoms. The molecule has 0 radical (unpaired) electrons. The van der Waals surface area contributed by atoms with Gasteiger partial charge in [0.1, 0.15) is 4.88 Å². The fourth-order valence-corrected chi connectivity index (χ4v) is 2.44. The molecule has 1 amide bonds. The van der Waals surface area contributed by atoms with Gasteiger partial charge in [0.25, 0.3) is 5.91 Å². The molecule has 1 aliphatic rings. The maximum absolute atomic E-state index is 11.8. The second-order valence-corrected chi connectivity index (χ2v) is 4.93. The lowest BCUT2D eigenvalue weighted by molar-refractivity contribution is 0.0918. The first-order valence-electron chi connectivity index (χ1n) is 5.58. The van der Waals surface area contributed by atoms with Crippen LogP contribution in [0, 0.1) is 11.3 Å². The van der Waals surface area contributed by atoms with Gasteiger partial charge in [-0.1, -0.05) is 0 Å². The lowest BCUT2D eigenvalue weighted by Crippen LogP contribution is -2.44. The van der Waals surface area contributed by atoms with Gasteiger partial charge >= 0.3 is 0 Å². The van der Waals surface area contributed by atoms with Crippen molar-refractivity contribution in [1.82, 2.24) is 15.2 Å². The zero-order chi connectivity index (χ0) is 12.1. The molecule has 0 aliphatic carbocycles. The number of amides is 1. The summed E-state index contributed by atoms with van der Waals surface area (Å²) in [5, 5.41) is 11.6. The number of likely N-dealkylation sites (tertiary alicyclic amines) is 1. The first-order chi connectivity index (χ1) is 8.29. The van der Waals surface area contributed by atoms with E-state index in [0.29, 0.717) is 11.4 Å². The summed E-state index contributed by atoms with van der Waals surface area (Å²) in [4.78, 5) is 18.4. The Morgan fingerprint density at radius 3 is 3.00 bits per heavy atom. The van der Waals surface area contributed by atoms with Crippen LogP contribution >= 0.6 is 11.3 Å². The van der Waals surface area contributed by atoms with Crippen LogP contribution in [0.2, 0.25) is 0 Å². The highest BCUT2D eigenvalue weighted by Crippen LogP contribution is 2.12. The number of carbonyl (C=O) groups is 1. The molecular weight excluding hydrogens is 236 g/mol. The summed E-state index contributed by atoms with van der Waals surface area (Å²) >= 11 is 1.35. The number of aromatic nitrogens is 1. The van der Waals surface area contributed by atoms with Gasteiger partial charge in [0, 0.05) is 19.1 Å². The highest BCUT2D eigenvalue weighted by atomic mass is 32.1. The van der Waals surface area contributed by atoms with E-state index in [9.17, 15) is 4.79 Å².